The Hall–Kier alpha value is -2.92. The molecule has 0 saturated carbocycles. The van der Waals surface area contributed by atoms with Gasteiger partial charge in [-0.15, -0.1) is 0 Å². The molecule has 166 valence electrons. The second-order valence-corrected chi connectivity index (χ2v) is 8.84. The zero-order valence-electron chi connectivity index (χ0n) is 18.8. The highest BCUT2D eigenvalue weighted by molar-refractivity contribution is 5.76. The predicted octanol–water partition coefficient (Wildman–Crippen LogP) is 3.11. The third-order valence-electron chi connectivity index (χ3n) is 5.51. The molecule has 1 aromatic heterocycles. The van der Waals surface area contributed by atoms with E-state index in [-0.39, 0.29) is 17.4 Å². The van der Waals surface area contributed by atoms with Gasteiger partial charge in [0.25, 0.3) is 0 Å². The van der Waals surface area contributed by atoms with E-state index in [1.807, 2.05) is 49.9 Å². The Balaban J connectivity index is 1.45. The van der Waals surface area contributed by atoms with Gasteiger partial charge in [0.1, 0.15) is 11.8 Å². The summed E-state index contributed by atoms with van der Waals surface area (Å²) in [5, 5.41) is 13.7. The van der Waals surface area contributed by atoms with Crippen molar-refractivity contribution in [3.05, 3.63) is 41.5 Å². The van der Waals surface area contributed by atoms with Crippen LogP contribution in [0.15, 0.2) is 28.8 Å². The lowest BCUT2D eigenvalue weighted by molar-refractivity contribution is -0.133. The molecule has 3 rings (SSSR count). The maximum absolute atomic E-state index is 12.6. The fourth-order valence-corrected chi connectivity index (χ4v) is 3.59. The number of rotatable bonds is 7. The molecule has 0 spiro atoms. The summed E-state index contributed by atoms with van der Waals surface area (Å²) in [5.41, 5.74) is 0.793. The Morgan fingerprint density at radius 3 is 2.45 bits per heavy atom. The van der Waals surface area contributed by atoms with E-state index >= 15 is 0 Å². The zero-order chi connectivity index (χ0) is 22.4. The van der Waals surface area contributed by atoms with Gasteiger partial charge >= 0.3 is 0 Å². The molecule has 31 heavy (non-hydrogen) atoms. The van der Waals surface area contributed by atoms with Crippen LogP contribution in [0.5, 0.6) is 5.75 Å². The van der Waals surface area contributed by atoms with E-state index in [4.69, 9.17) is 9.26 Å². The molecule has 0 bridgehead atoms. The molecule has 1 aliphatic heterocycles. The number of amides is 1. The lowest BCUT2D eigenvalue weighted by Crippen LogP contribution is -2.49. The van der Waals surface area contributed by atoms with E-state index in [2.05, 4.69) is 21.1 Å². The number of aromatic nitrogens is 2. The van der Waals surface area contributed by atoms with Gasteiger partial charge in [0, 0.05) is 44.4 Å². The molecule has 8 nitrogen and oxygen atoms in total. The van der Waals surface area contributed by atoms with E-state index in [1.54, 1.807) is 7.11 Å². The lowest BCUT2D eigenvalue weighted by Gasteiger charge is -2.37. The third kappa shape index (κ3) is 5.82. The van der Waals surface area contributed by atoms with Crippen LogP contribution in [-0.4, -0.2) is 59.1 Å². The van der Waals surface area contributed by atoms with Crippen LogP contribution < -0.4 is 4.74 Å². The molecule has 1 unspecified atom stereocenters. The lowest BCUT2D eigenvalue weighted by atomic mass is 9.96. The SMILES string of the molecule is COc1ccc(C(C#N)N2CCN(C(=O)CCCc3nc(C(C)(C)C)no3)CC2)cc1. The van der Waals surface area contributed by atoms with Crippen molar-refractivity contribution in [3.63, 3.8) is 0 Å². The number of piperazine rings is 1. The van der Waals surface area contributed by atoms with Crippen LogP contribution in [0.1, 0.15) is 56.9 Å². The maximum atomic E-state index is 12.6. The molecule has 1 aliphatic rings. The minimum atomic E-state index is -0.322. The highest BCUT2D eigenvalue weighted by Gasteiger charge is 2.27. The predicted molar refractivity (Wildman–Crippen MR) is 115 cm³/mol. The Kier molecular flexibility index (Phi) is 7.29. The summed E-state index contributed by atoms with van der Waals surface area (Å²) in [6.07, 6.45) is 1.73. The number of carbonyl (C=O) groups excluding carboxylic acids is 1. The first-order valence-corrected chi connectivity index (χ1v) is 10.7. The van der Waals surface area contributed by atoms with Crippen molar-refractivity contribution in [2.75, 3.05) is 33.3 Å². The number of nitriles is 1. The molecule has 0 radical (unpaired) electrons. The van der Waals surface area contributed by atoms with Gasteiger partial charge in [0.2, 0.25) is 11.8 Å². The summed E-state index contributed by atoms with van der Waals surface area (Å²) >= 11 is 0. The number of methoxy groups -OCH3 is 1. The molecule has 1 aromatic carbocycles. The summed E-state index contributed by atoms with van der Waals surface area (Å²) in [7, 11) is 1.62. The van der Waals surface area contributed by atoms with Crippen molar-refractivity contribution in [3.8, 4) is 11.8 Å². The number of aryl methyl sites for hydroxylation is 1. The molecular weight excluding hydrogens is 394 g/mol. The van der Waals surface area contributed by atoms with Crippen molar-refractivity contribution in [2.24, 2.45) is 0 Å². The molecule has 2 heterocycles. The first kappa shape index (κ1) is 22.8. The van der Waals surface area contributed by atoms with E-state index in [1.165, 1.54) is 0 Å². The van der Waals surface area contributed by atoms with E-state index in [9.17, 15) is 10.1 Å². The summed E-state index contributed by atoms with van der Waals surface area (Å²) in [6.45, 7) is 8.72. The minimum Gasteiger partial charge on any atom is -0.497 e. The van der Waals surface area contributed by atoms with Crippen molar-refractivity contribution < 1.29 is 14.1 Å². The monoisotopic (exact) mass is 425 g/mol. The van der Waals surface area contributed by atoms with Gasteiger partial charge < -0.3 is 14.2 Å². The van der Waals surface area contributed by atoms with Crippen LogP contribution in [-0.2, 0) is 16.6 Å². The quantitative estimate of drug-likeness (QED) is 0.672. The highest BCUT2D eigenvalue weighted by atomic mass is 16.5. The van der Waals surface area contributed by atoms with Crippen molar-refractivity contribution in [1.29, 1.82) is 5.26 Å². The van der Waals surface area contributed by atoms with Gasteiger partial charge in [-0.3, -0.25) is 9.69 Å². The average Bonchev–Trinajstić information content (AvgIpc) is 3.25. The topological polar surface area (TPSA) is 95.5 Å². The van der Waals surface area contributed by atoms with Crippen molar-refractivity contribution in [2.45, 2.75) is 51.5 Å². The zero-order valence-corrected chi connectivity index (χ0v) is 18.8. The van der Waals surface area contributed by atoms with Crippen LogP contribution in [0.4, 0.5) is 0 Å². The van der Waals surface area contributed by atoms with Gasteiger partial charge in [-0.2, -0.15) is 10.2 Å². The van der Waals surface area contributed by atoms with Crippen LogP contribution in [0.3, 0.4) is 0 Å². The Morgan fingerprint density at radius 1 is 1.23 bits per heavy atom. The number of benzene rings is 1. The molecule has 1 fully saturated rings. The van der Waals surface area contributed by atoms with Crippen LogP contribution in [0, 0.1) is 11.3 Å². The summed E-state index contributed by atoms with van der Waals surface area (Å²) < 4.78 is 10.5. The van der Waals surface area contributed by atoms with Gasteiger partial charge in [-0.25, -0.2) is 0 Å². The Labute approximate surface area is 183 Å². The van der Waals surface area contributed by atoms with Gasteiger partial charge in [-0.05, 0) is 24.1 Å². The molecule has 2 aromatic rings. The number of nitrogens with zero attached hydrogens (tertiary/aromatic N) is 5. The molecule has 1 amide bonds. The van der Waals surface area contributed by atoms with E-state index < -0.39 is 0 Å². The Bertz CT molecular complexity index is 903. The minimum absolute atomic E-state index is 0.133. The number of hydrogen-bond acceptors (Lipinski definition) is 7. The molecule has 8 heteroatoms. The van der Waals surface area contributed by atoms with Crippen LogP contribution >= 0.6 is 0 Å². The van der Waals surface area contributed by atoms with E-state index in [0.717, 1.165) is 11.3 Å². The normalized spacial score (nSPS) is 16.0. The highest BCUT2D eigenvalue weighted by Crippen LogP contribution is 2.24. The molecule has 0 N–H and O–H groups in total. The smallest absolute Gasteiger partial charge is 0.226 e. The fourth-order valence-electron chi connectivity index (χ4n) is 3.59. The molecule has 1 saturated heterocycles. The first-order chi connectivity index (χ1) is 14.8. The number of carbonyl (C=O) groups is 1. The third-order valence-corrected chi connectivity index (χ3v) is 5.51. The first-order valence-electron chi connectivity index (χ1n) is 10.7. The largest absolute Gasteiger partial charge is 0.497 e. The summed E-state index contributed by atoms with van der Waals surface area (Å²) in [6, 6.07) is 9.65. The van der Waals surface area contributed by atoms with Crippen LogP contribution in [0.25, 0.3) is 0 Å². The second kappa shape index (κ2) is 9.92. The van der Waals surface area contributed by atoms with Crippen molar-refractivity contribution >= 4 is 5.91 Å². The van der Waals surface area contributed by atoms with E-state index in [0.29, 0.717) is 57.2 Å². The Morgan fingerprint density at radius 2 is 1.90 bits per heavy atom. The summed E-state index contributed by atoms with van der Waals surface area (Å²) in [5.74, 6) is 2.17. The van der Waals surface area contributed by atoms with Crippen LogP contribution in [0.2, 0.25) is 0 Å². The second-order valence-electron chi connectivity index (χ2n) is 8.84. The standard InChI is InChI=1S/C23H31N5O3/c1-23(2,3)22-25-20(31-26-22)6-5-7-21(29)28-14-12-27(13-15-28)19(16-24)17-8-10-18(30-4)11-9-17/h8-11,19H,5-7,12-15H2,1-4H3. The van der Waals surface area contributed by atoms with Gasteiger partial charge in [0.05, 0.1) is 13.2 Å². The summed E-state index contributed by atoms with van der Waals surface area (Å²) in [4.78, 5) is 21.0. The molecular formula is C23H31N5O3. The van der Waals surface area contributed by atoms with Gasteiger partial charge in [-0.1, -0.05) is 38.1 Å². The fraction of sp³-hybridized carbons (Fsp3) is 0.565. The molecule has 1 atom stereocenters. The average molecular weight is 426 g/mol. The van der Waals surface area contributed by atoms with Gasteiger partial charge in [0.15, 0.2) is 5.82 Å². The molecule has 0 aliphatic carbocycles. The van der Waals surface area contributed by atoms with Crippen molar-refractivity contribution in [1.82, 2.24) is 19.9 Å². The maximum Gasteiger partial charge on any atom is 0.226 e. The number of ether oxygens (including phenoxy) is 1. The number of hydrogen-bond donors (Lipinski definition) is 0.